The van der Waals surface area contributed by atoms with Gasteiger partial charge in [-0.1, -0.05) is 47.6 Å². The topological polar surface area (TPSA) is 63.8 Å². The van der Waals surface area contributed by atoms with Gasteiger partial charge in [0.15, 0.2) is 5.69 Å². The van der Waals surface area contributed by atoms with E-state index in [-0.39, 0.29) is 5.69 Å². The summed E-state index contributed by atoms with van der Waals surface area (Å²) in [5.41, 5.74) is 3.34. The van der Waals surface area contributed by atoms with E-state index in [0.29, 0.717) is 28.9 Å². The van der Waals surface area contributed by atoms with Crippen molar-refractivity contribution in [3.05, 3.63) is 35.8 Å². The van der Waals surface area contributed by atoms with Crippen LogP contribution in [0.1, 0.15) is 57.6 Å². The summed E-state index contributed by atoms with van der Waals surface area (Å²) in [6.45, 7) is 14.1. The number of nitrogens with zero attached hydrogens (tertiary/aromatic N) is 2. The predicted molar refractivity (Wildman–Crippen MR) is 98.0 cm³/mol. The van der Waals surface area contributed by atoms with Gasteiger partial charge in [-0.05, 0) is 28.3 Å². The molecule has 2 aromatic rings. The minimum absolute atomic E-state index is 0.173. The van der Waals surface area contributed by atoms with Crippen molar-refractivity contribution in [1.82, 2.24) is 9.38 Å². The van der Waals surface area contributed by atoms with Gasteiger partial charge in [0.25, 0.3) is 0 Å². The molecule has 0 atom stereocenters. The second kappa shape index (κ2) is 7.07. The highest BCUT2D eigenvalue weighted by molar-refractivity contribution is 6.77. The number of rotatable bonds is 7. The standard InChI is InChI=1S/C18H28N2O3Si/c1-12(2)24(13(3)4,14(5)6)23-11-15-7-8-17-19-9-16(18(21)22)20(17)10-15/h7-10,12-14H,11H2,1-6H3,(H,21,22). The van der Waals surface area contributed by atoms with Gasteiger partial charge in [0.05, 0.1) is 12.8 Å². The lowest BCUT2D eigenvalue weighted by molar-refractivity contribution is 0.0689. The van der Waals surface area contributed by atoms with E-state index in [0.717, 1.165) is 5.56 Å². The number of hydrogen-bond donors (Lipinski definition) is 1. The summed E-state index contributed by atoms with van der Waals surface area (Å²) in [7, 11) is -1.94. The zero-order chi connectivity index (χ0) is 18.1. The fraction of sp³-hybridized carbons (Fsp3) is 0.556. The van der Waals surface area contributed by atoms with Crippen LogP contribution in [0.2, 0.25) is 16.6 Å². The van der Waals surface area contributed by atoms with Gasteiger partial charge < -0.3 is 9.53 Å². The summed E-state index contributed by atoms with van der Waals surface area (Å²) in [6, 6.07) is 3.81. The van der Waals surface area contributed by atoms with Gasteiger partial charge in [-0.25, -0.2) is 9.78 Å². The van der Waals surface area contributed by atoms with Crippen LogP contribution in [0.25, 0.3) is 5.65 Å². The Bertz CT molecular complexity index is 700. The van der Waals surface area contributed by atoms with E-state index in [1.165, 1.54) is 6.20 Å². The van der Waals surface area contributed by atoms with E-state index in [2.05, 4.69) is 46.5 Å². The quantitative estimate of drug-likeness (QED) is 0.735. The highest BCUT2D eigenvalue weighted by Crippen LogP contribution is 2.42. The maximum atomic E-state index is 11.3. The van der Waals surface area contributed by atoms with Crippen LogP contribution in [-0.2, 0) is 11.0 Å². The Hall–Kier alpha value is -1.66. The van der Waals surface area contributed by atoms with Crippen LogP contribution in [0.4, 0.5) is 0 Å². The molecule has 0 saturated carbocycles. The minimum Gasteiger partial charge on any atom is -0.477 e. The fourth-order valence-electron chi connectivity index (χ4n) is 3.98. The first kappa shape index (κ1) is 18.7. The lowest BCUT2D eigenvalue weighted by Gasteiger charge is -2.42. The zero-order valence-corrected chi connectivity index (χ0v) is 16.4. The molecule has 5 nitrogen and oxygen atoms in total. The molecule has 0 bridgehead atoms. The molecule has 0 aromatic carbocycles. The van der Waals surface area contributed by atoms with Gasteiger partial charge >= 0.3 is 5.97 Å². The largest absolute Gasteiger partial charge is 0.477 e. The van der Waals surface area contributed by atoms with Crippen LogP contribution in [0.3, 0.4) is 0 Å². The van der Waals surface area contributed by atoms with Gasteiger partial charge in [0.2, 0.25) is 8.32 Å². The number of pyridine rings is 1. The lowest BCUT2D eigenvalue weighted by Crippen LogP contribution is -2.47. The zero-order valence-electron chi connectivity index (χ0n) is 15.4. The third-order valence-corrected chi connectivity index (χ3v) is 11.0. The van der Waals surface area contributed by atoms with E-state index in [4.69, 9.17) is 4.43 Å². The first-order valence-electron chi connectivity index (χ1n) is 8.53. The van der Waals surface area contributed by atoms with Gasteiger partial charge in [-0.2, -0.15) is 0 Å². The highest BCUT2D eigenvalue weighted by atomic mass is 28.4. The highest BCUT2D eigenvalue weighted by Gasteiger charge is 2.44. The van der Waals surface area contributed by atoms with E-state index in [1.807, 2.05) is 18.3 Å². The fourth-order valence-corrected chi connectivity index (χ4v) is 9.39. The molecule has 2 aromatic heterocycles. The predicted octanol–water partition coefficient (Wildman–Crippen LogP) is 4.72. The first-order valence-corrected chi connectivity index (χ1v) is 10.7. The van der Waals surface area contributed by atoms with E-state index in [1.54, 1.807) is 4.40 Å². The van der Waals surface area contributed by atoms with Crippen LogP contribution in [0.5, 0.6) is 0 Å². The molecule has 0 unspecified atom stereocenters. The Kier molecular flexibility index (Phi) is 5.50. The number of hydrogen-bond acceptors (Lipinski definition) is 3. The number of aromatic carboxylic acids is 1. The molecule has 2 rings (SSSR count). The first-order chi connectivity index (χ1) is 11.2. The van der Waals surface area contributed by atoms with Crippen molar-refractivity contribution in [2.45, 2.75) is 64.8 Å². The molecule has 132 valence electrons. The maximum absolute atomic E-state index is 11.3. The molecule has 0 aliphatic heterocycles. The summed E-state index contributed by atoms with van der Waals surface area (Å²) in [5, 5.41) is 9.25. The smallest absolute Gasteiger partial charge is 0.354 e. The van der Waals surface area contributed by atoms with Crippen molar-refractivity contribution in [3.8, 4) is 0 Å². The number of aromatic nitrogens is 2. The average molecular weight is 349 g/mol. The number of imidazole rings is 1. The van der Waals surface area contributed by atoms with Crippen LogP contribution in [-0.4, -0.2) is 28.8 Å². The summed E-state index contributed by atoms with van der Waals surface area (Å²) < 4.78 is 8.20. The van der Waals surface area contributed by atoms with Gasteiger partial charge in [-0.3, -0.25) is 4.40 Å². The average Bonchev–Trinajstić information content (AvgIpc) is 2.89. The van der Waals surface area contributed by atoms with E-state index < -0.39 is 14.3 Å². The number of carbonyl (C=O) groups is 1. The molecule has 6 heteroatoms. The minimum atomic E-state index is -1.94. The van der Waals surface area contributed by atoms with E-state index in [9.17, 15) is 9.90 Å². The van der Waals surface area contributed by atoms with Gasteiger partial charge in [0.1, 0.15) is 5.65 Å². The monoisotopic (exact) mass is 348 g/mol. The van der Waals surface area contributed by atoms with Crippen molar-refractivity contribution >= 4 is 19.9 Å². The Labute approximate surface area is 144 Å². The summed E-state index contributed by atoms with van der Waals surface area (Å²) in [5.74, 6) is -0.976. The summed E-state index contributed by atoms with van der Waals surface area (Å²) >= 11 is 0. The van der Waals surface area contributed by atoms with Crippen LogP contribution in [0.15, 0.2) is 24.5 Å². The molecule has 0 radical (unpaired) electrons. The van der Waals surface area contributed by atoms with Crippen molar-refractivity contribution < 1.29 is 14.3 Å². The molecule has 0 fully saturated rings. The number of fused-ring (bicyclic) bond motifs is 1. The van der Waals surface area contributed by atoms with Crippen molar-refractivity contribution in [1.29, 1.82) is 0 Å². The van der Waals surface area contributed by atoms with E-state index >= 15 is 0 Å². The Morgan fingerprint density at radius 2 is 1.75 bits per heavy atom. The molecule has 24 heavy (non-hydrogen) atoms. The summed E-state index contributed by atoms with van der Waals surface area (Å²) in [6.07, 6.45) is 3.21. The summed E-state index contributed by atoms with van der Waals surface area (Å²) in [4.78, 5) is 15.4. The second-order valence-corrected chi connectivity index (χ2v) is 12.8. The molecule has 0 amide bonds. The Morgan fingerprint density at radius 3 is 2.25 bits per heavy atom. The molecular weight excluding hydrogens is 320 g/mol. The molecule has 0 aliphatic rings. The molecule has 0 saturated heterocycles. The van der Waals surface area contributed by atoms with Crippen molar-refractivity contribution in [2.24, 2.45) is 0 Å². The molecule has 0 aliphatic carbocycles. The third-order valence-electron chi connectivity index (χ3n) is 4.98. The SMILES string of the molecule is CC(C)[Si](OCc1ccc2ncc(C(=O)O)n2c1)(C(C)C)C(C)C. The maximum Gasteiger partial charge on any atom is 0.354 e. The Morgan fingerprint density at radius 1 is 1.17 bits per heavy atom. The molecule has 0 spiro atoms. The third kappa shape index (κ3) is 3.25. The normalized spacial score (nSPS) is 12.7. The lowest BCUT2D eigenvalue weighted by atomic mass is 10.3. The van der Waals surface area contributed by atoms with Gasteiger partial charge in [-0.15, -0.1) is 0 Å². The van der Waals surface area contributed by atoms with Crippen molar-refractivity contribution in [3.63, 3.8) is 0 Å². The van der Waals surface area contributed by atoms with Crippen LogP contribution in [0, 0.1) is 0 Å². The van der Waals surface area contributed by atoms with Crippen LogP contribution < -0.4 is 0 Å². The second-order valence-electron chi connectivity index (χ2n) is 7.32. The molecule has 1 N–H and O–H groups in total. The van der Waals surface area contributed by atoms with Crippen LogP contribution >= 0.6 is 0 Å². The molecular formula is C18H28N2O3Si. The van der Waals surface area contributed by atoms with Crippen molar-refractivity contribution in [2.75, 3.05) is 0 Å². The number of carboxylic acids is 1. The number of carboxylic acid groups (broad SMARTS) is 1. The molecule has 2 heterocycles. The van der Waals surface area contributed by atoms with Gasteiger partial charge in [0, 0.05) is 6.20 Å². The Balaban J connectivity index is 2.31.